The summed E-state index contributed by atoms with van der Waals surface area (Å²) in [5.74, 6) is -0.163. The highest BCUT2D eigenvalue weighted by Gasteiger charge is 2.43. The molecule has 0 spiro atoms. The summed E-state index contributed by atoms with van der Waals surface area (Å²) in [6, 6.07) is 9.55. The lowest BCUT2D eigenvalue weighted by Crippen LogP contribution is -2.30. The van der Waals surface area contributed by atoms with Gasteiger partial charge in [0, 0.05) is 13.0 Å². The molecule has 1 heterocycles. The van der Waals surface area contributed by atoms with Crippen LogP contribution in [0.3, 0.4) is 0 Å². The number of methoxy groups -OCH3 is 2. The number of hydrogen-bond acceptors (Lipinski definition) is 4. The number of halogens is 4. The lowest BCUT2D eigenvalue weighted by atomic mass is 10.0. The molecule has 1 aliphatic heterocycles. The Morgan fingerprint density at radius 1 is 1.03 bits per heavy atom. The minimum absolute atomic E-state index is 0.0113. The lowest BCUT2D eigenvalue weighted by Gasteiger charge is -2.27. The van der Waals surface area contributed by atoms with Crippen molar-refractivity contribution in [2.75, 3.05) is 14.2 Å². The van der Waals surface area contributed by atoms with Gasteiger partial charge in [0.2, 0.25) is 0 Å². The first kappa shape index (κ1) is 20.8. The van der Waals surface area contributed by atoms with Gasteiger partial charge in [0.25, 0.3) is 5.91 Å². The summed E-state index contributed by atoms with van der Waals surface area (Å²) in [7, 11) is 2.93. The summed E-state index contributed by atoms with van der Waals surface area (Å²) in [5.41, 5.74) is 1.07. The van der Waals surface area contributed by atoms with E-state index in [1.165, 1.54) is 31.3 Å². The molecule has 1 saturated heterocycles. The fourth-order valence-electron chi connectivity index (χ4n) is 3.42. The van der Waals surface area contributed by atoms with Crippen LogP contribution in [-0.4, -0.2) is 37.6 Å². The van der Waals surface area contributed by atoms with Crippen LogP contribution >= 0.6 is 0 Å². The molecule has 0 radical (unpaired) electrons. The lowest BCUT2D eigenvalue weighted by molar-refractivity contribution is -0.274. The van der Waals surface area contributed by atoms with Crippen LogP contribution in [0.15, 0.2) is 42.5 Å². The molecule has 1 amide bonds. The van der Waals surface area contributed by atoms with Gasteiger partial charge in [0.1, 0.15) is 17.2 Å². The van der Waals surface area contributed by atoms with E-state index < -0.39 is 24.5 Å². The smallest absolute Gasteiger partial charge is 0.496 e. The number of alkyl halides is 4. The average molecular weight is 413 g/mol. The monoisotopic (exact) mass is 413 g/mol. The Bertz CT molecular complexity index is 848. The summed E-state index contributed by atoms with van der Waals surface area (Å²) < 4.78 is 65.8. The Labute approximate surface area is 164 Å². The Kier molecular flexibility index (Phi) is 5.86. The van der Waals surface area contributed by atoms with Gasteiger partial charge in [-0.2, -0.15) is 0 Å². The van der Waals surface area contributed by atoms with Crippen molar-refractivity contribution in [3.05, 3.63) is 53.6 Å². The second-order valence-corrected chi connectivity index (χ2v) is 6.45. The van der Waals surface area contributed by atoms with E-state index in [1.54, 1.807) is 18.2 Å². The molecule has 0 bridgehead atoms. The third kappa shape index (κ3) is 4.55. The number of hydrogen-bond donors (Lipinski definition) is 0. The van der Waals surface area contributed by atoms with Gasteiger partial charge in [-0.3, -0.25) is 4.79 Å². The van der Waals surface area contributed by atoms with Crippen LogP contribution in [0.1, 0.15) is 23.6 Å². The largest absolute Gasteiger partial charge is 0.573 e. The number of rotatable bonds is 6. The third-order valence-corrected chi connectivity index (χ3v) is 4.67. The Morgan fingerprint density at radius 2 is 1.62 bits per heavy atom. The molecule has 0 aromatic heterocycles. The normalized spacial score (nSPS) is 19.4. The fraction of sp³-hybridized carbons (Fsp3) is 0.350. The van der Waals surface area contributed by atoms with Gasteiger partial charge in [0.15, 0.2) is 6.17 Å². The van der Waals surface area contributed by atoms with Crippen LogP contribution in [0.2, 0.25) is 0 Å². The van der Waals surface area contributed by atoms with Crippen molar-refractivity contribution in [2.24, 2.45) is 0 Å². The number of benzene rings is 2. The molecule has 2 unspecified atom stereocenters. The van der Waals surface area contributed by atoms with Gasteiger partial charge in [0.05, 0.1) is 25.8 Å². The number of carbonyl (C=O) groups excluding carboxylic acids is 1. The van der Waals surface area contributed by atoms with Crippen LogP contribution in [0.5, 0.6) is 17.2 Å². The fourth-order valence-corrected chi connectivity index (χ4v) is 3.42. The Balaban J connectivity index is 1.89. The zero-order chi connectivity index (χ0) is 21.2. The van der Waals surface area contributed by atoms with Crippen molar-refractivity contribution in [3.8, 4) is 17.2 Å². The number of ether oxygens (including phenoxy) is 3. The Hall–Kier alpha value is -2.97. The molecule has 0 N–H and O–H groups in total. The quantitative estimate of drug-likeness (QED) is 0.658. The maximum Gasteiger partial charge on any atom is 0.573 e. The van der Waals surface area contributed by atoms with Crippen LogP contribution < -0.4 is 14.2 Å². The first-order valence-electron chi connectivity index (χ1n) is 8.73. The maximum atomic E-state index is 14.3. The maximum absolute atomic E-state index is 14.3. The summed E-state index contributed by atoms with van der Waals surface area (Å²) >= 11 is 0. The number of amides is 1. The molecule has 9 heteroatoms. The van der Waals surface area contributed by atoms with E-state index >= 15 is 0 Å². The van der Waals surface area contributed by atoms with E-state index in [0.717, 1.165) is 12.1 Å². The summed E-state index contributed by atoms with van der Waals surface area (Å²) in [4.78, 5) is 13.8. The minimum Gasteiger partial charge on any atom is -0.496 e. The SMILES string of the molecule is COc1cccc(OC)c1C1CC(F)C(=O)N1Cc1ccc(OC(F)(F)F)cc1. The van der Waals surface area contributed by atoms with E-state index in [2.05, 4.69) is 4.74 Å². The summed E-state index contributed by atoms with van der Waals surface area (Å²) in [6.45, 7) is 0.0113. The standard InChI is InChI=1S/C20H19F4NO4/c1-27-16-4-3-5-17(28-2)18(16)15-10-14(21)19(26)25(15)11-12-6-8-13(9-7-12)29-20(22,23)24/h3-9,14-15H,10-11H2,1-2H3. The predicted molar refractivity (Wildman–Crippen MR) is 95.5 cm³/mol. The molecule has 2 aromatic rings. The van der Waals surface area contributed by atoms with Crippen molar-refractivity contribution < 1.29 is 36.6 Å². The molecular formula is C20H19F4NO4. The van der Waals surface area contributed by atoms with Crippen LogP contribution in [0, 0.1) is 0 Å². The predicted octanol–water partition coefficient (Wildman–Crippen LogP) is 4.41. The van der Waals surface area contributed by atoms with E-state index in [0.29, 0.717) is 22.6 Å². The van der Waals surface area contributed by atoms with Crippen molar-refractivity contribution in [2.45, 2.75) is 31.5 Å². The van der Waals surface area contributed by atoms with Crippen molar-refractivity contribution in [1.29, 1.82) is 0 Å². The van der Waals surface area contributed by atoms with Crippen LogP contribution in [-0.2, 0) is 11.3 Å². The first-order valence-corrected chi connectivity index (χ1v) is 8.73. The highest BCUT2D eigenvalue weighted by atomic mass is 19.4. The minimum atomic E-state index is -4.79. The first-order chi connectivity index (χ1) is 13.7. The van der Waals surface area contributed by atoms with Gasteiger partial charge in [-0.05, 0) is 29.8 Å². The zero-order valence-corrected chi connectivity index (χ0v) is 15.7. The van der Waals surface area contributed by atoms with Crippen molar-refractivity contribution in [3.63, 3.8) is 0 Å². The highest BCUT2D eigenvalue weighted by Crippen LogP contribution is 2.44. The molecule has 3 rings (SSSR count). The number of nitrogens with zero attached hydrogens (tertiary/aromatic N) is 1. The molecule has 29 heavy (non-hydrogen) atoms. The second-order valence-electron chi connectivity index (χ2n) is 6.45. The zero-order valence-electron chi connectivity index (χ0n) is 15.7. The van der Waals surface area contributed by atoms with E-state index in [4.69, 9.17) is 9.47 Å². The van der Waals surface area contributed by atoms with Gasteiger partial charge < -0.3 is 19.1 Å². The Morgan fingerprint density at radius 3 is 2.14 bits per heavy atom. The average Bonchev–Trinajstić information content (AvgIpc) is 2.95. The van der Waals surface area contributed by atoms with Gasteiger partial charge in [-0.1, -0.05) is 18.2 Å². The van der Waals surface area contributed by atoms with E-state index in [9.17, 15) is 22.4 Å². The molecule has 1 aliphatic rings. The van der Waals surface area contributed by atoms with Crippen LogP contribution in [0.4, 0.5) is 17.6 Å². The highest BCUT2D eigenvalue weighted by molar-refractivity contribution is 5.84. The molecule has 2 aromatic carbocycles. The van der Waals surface area contributed by atoms with Crippen molar-refractivity contribution >= 4 is 5.91 Å². The molecule has 1 fully saturated rings. The molecule has 2 atom stereocenters. The number of likely N-dealkylation sites (tertiary alicyclic amines) is 1. The molecule has 5 nitrogen and oxygen atoms in total. The van der Waals surface area contributed by atoms with E-state index in [-0.39, 0.29) is 18.7 Å². The van der Waals surface area contributed by atoms with Crippen LogP contribution in [0.25, 0.3) is 0 Å². The summed E-state index contributed by atoms with van der Waals surface area (Å²) in [5, 5.41) is 0. The molecule has 0 saturated carbocycles. The number of carbonyl (C=O) groups is 1. The molecule has 0 aliphatic carbocycles. The molecular weight excluding hydrogens is 394 g/mol. The second kappa shape index (κ2) is 8.18. The third-order valence-electron chi connectivity index (χ3n) is 4.67. The topological polar surface area (TPSA) is 48.0 Å². The summed E-state index contributed by atoms with van der Waals surface area (Å²) in [6.07, 6.45) is -6.56. The van der Waals surface area contributed by atoms with Gasteiger partial charge >= 0.3 is 6.36 Å². The molecule has 156 valence electrons. The van der Waals surface area contributed by atoms with Gasteiger partial charge in [-0.15, -0.1) is 13.2 Å². The van der Waals surface area contributed by atoms with E-state index in [1.807, 2.05) is 0 Å². The van der Waals surface area contributed by atoms with Gasteiger partial charge in [-0.25, -0.2) is 4.39 Å². The van der Waals surface area contributed by atoms with Crippen molar-refractivity contribution in [1.82, 2.24) is 4.90 Å².